The number of Topliss-reactive ketones (excluding diaryl/α,β-unsaturated/α-hetero) is 1. The van der Waals surface area contributed by atoms with Gasteiger partial charge >= 0.3 is 0 Å². The topological polar surface area (TPSA) is 17.1 Å². The highest BCUT2D eigenvalue weighted by Crippen LogP contribution is 2.47. The first-order valence-electron chi connectivity index (χ1n) is 7.21. The van der Waals surface area contributed by atoms with Gasteiger partial charge in [0.05, 0.1) is 0 Å². The van der Waals surface area contributed by atoms with E-state index in [1.54, 1.807) is 0 Å². The number of hydrogen-bond acceptors (Lipinski definition) is 1. The summed E-state index contributed by atoms with van der Waals surface area (Å²) in [7, 11) is 0. The molecule has 0 amide bonds. The van der Waals surface area contributed by atoms with Crippen molar-refractivity contribution in [3.63, 3.8) is 0 Å². The van der Waals surface area contributed by atoms with Crippen LogP contribution in [0.25, 0.3) is 0 Å². The molecule has 0 radical (unpaired) electrons. The Kier molecular flexibility index (Phi) is 5.51. The average molecular weight is 224 g/mol. The molecule has 0 aliphatic heterocycles. The van der Waals surface area contributed by atoms with Gasteiger partial charge < -0.3 is 0 Å². The van der Waals surface area contributed by atoms with Crippen LogP contribution in [0.5, 0.6) is 0 Å². The lowest BCUT2D eigenvalue weighted by molar-refractivity contribution is -0.126. The largest absolute Gasteiger partial charge is 0.299 e. The monoisotopic (exact) mass is 224 g/mol. The molecule has 94 valence electrons. The Morgan fingerprint density at radius 3 is 2.06 bits per heavy atom. The second-order valence-electron chi connectivity index (χ2n) is 5.59. The fraction of sp³-hybridized carbons (Fsp3) is 0.933. The Balaban J connectivity index is 2.65. The van der Waals surface area contributed by atoms with Gasteiger partial charge in [0, 0.05) is 11.8 Å². The molecule has 0 spiro atoms. The summed E-state index contributed by atoms with van der Waals surface area (Å²) in [4.78, 5) is 12.3. The zero-order chi connectivity index (χ0) is 12.0. The maximum Gasteiger partial charge on any atom is 0.139 e. The van der Waals surface area contributed by atoms with E-state index in [0.29, 0.717) is 11.7 Å². The SMILES string of the molecule is CCCCC1(CCCC)C[C@@H](CC)CC1=O. The van der Waals surface area contributed by atoms with Crippen molar-refractivity contribution in [3.05, 3.63) is 0 Å². The molecule has 0 bridgehead atoms. The molecule has 0 aromatic rings. The van der Waals surface area contributed by atoms with Crippen LogP contribution in [0.4, 0.5) is 0 Å². The van der Waals surface area contributed by atoms with Crippen LogP contribution >= 0.6 is 0 Å². The maximum absolute atomic E-state index is 12.3. The van der Waals surface area contributed by atoms with Gasteiger partial charge in [0.2, 0.25) is 0 Å². The Labute approximate surface area is 101 Å². The first kappa shape index (κ1) is 13.7. The van der Waals surface area contributed by atoms with E-state index in [2.05, 4.69) is 20.8 Å². The van der Waals surface area contributed by atoms with Crippen molar-refractivity contribution in [2.75, 3.05) is 0 Å². The van der Waals surface area contributed by atoms with Crippen LogP contribution in [0.3, 0.4) is 0 Å². The molecule has 0 aromatic carbocycles. The molecule has 0 saturated heterocycles. The summed E-state index contributed by atoms with van der Waals surface area (Å²) in [6.07, 6.45) is 10.4. The first-order valence-corrected chi connectivity index (χ1v) is 7.21. The Morgan fingerprint density at radius 1 is 1.12 bits per heavy atom. The quantitative estimate of drug-likeness (QED) is 0.610. The van der Waals surface area contributed by atoms with Crippen LogP contribution in [0, 0.1) is 11.3 Å². The van der Waals surface area contributed by atoms with Crippen molar-refractivity contribution in [2.24, 2.45) is 11.3 Å². The maximum atomic E-state index is 12.3. The molecule has 1 saturated carbocycles. The van der Waals surface area contributed by atoms with Gasteiger partial charge in [0.15, 0.2) is 0 Å². The van der Waals surface area contributed by atoms with Crippen molar-refractivity contribution in [1.82, 2.24) is 0 Å². The van der Waals surface area contributed by atoms with Crippen molar-refractivity contribution in [3.8, 4) is 0 Å². The second kappa shape index (κ2) is 6.42. The highest BCUT2D eigenvalue weighted by Gasteiger charge is 2.44. The molecule has 1 nitrogen and oxygen atoms in total. The number of rotatable bonds is 7. The molecule has 0 heterocycles. The van der Waals surface area contributed by atoms with Crippen molar-refractivity contribution in [1.29, 1.82) is 0 Å². The average Bonchev–Trinajstić information content (AvgIpc) is 2.61. The number of unbranched alkanes of at least 4 members (excludes halogenated alkanes) is 2. The number of ketones is 1. The normalized spacial score (nSPS) is 23.9. The Hall–Kier alpha value is -0.330. The van der Waals surface area contributed by atoms with E-state index >= 15 is 0 Å². The minimum atomic E-state index is 0.0900. The predicted molar refractivity (Wildman–Crippen MR) is 69.5 cm³/mol. The van der Waals surface area contributed by atoms with Crippen molar-refractivity contribution in [2.45, 2.75) is 78.6 Å². The molecule has 1 atom stereocenters. The number of carbonyl (C=O) groups is 1. The van der Waals surface area contributed by atoms with E-state index in [1.165, 1.54) is 38.5 Å². The van der Waals surface area contributed by atoms with Crippen LogP contribution in [0.15, 0.2) is 0 Å². The highest BCUT2D eigenvalue weighted by molar-refractivity contribution is 5.87. The van der Waals surface area contributed by atoms with Gasteiger partial charge in [-0.15, -0.1) is 0 Å². The van der Waals surface area contributed by atoms with Crippen molar-refractivity contribution >= 4 is 5.78 Å². The summed E-state index contributed by atoms with van der Waals surface area (Å²) in [6, 6.07) is 0. The molecule has 1 aliphatic carbocycles. The standard InChI is InChI=1S/C15H28O/c1-4-7-9-15(10-8-5-2)12-13(6-3)11-14(15)16/h13H,4-12H2,1-3H3/t13-/m0/s1. The molecular weight excluding hydrogens is 196 g/mol. The molecule has 1 fully saturated rings. The fourth-order valence-corrected chi connectivity index (χ4v) is 3.14. The molecule has 1 aliphatic rings. The number of carbonyl (C=O) groups excluding carboxylic acids is 1. The van der Waals surface area contributed by atoms with Crippen LogP contribution in [-0.2, 0) is 4.79 Å². The Morgan fingerprint density at radius 2 is 1.69 bits per heavy atom. The van der Waals surface area contributed by atoms with Gasteiger partial charge in [-0.25, -0.2) is 0 Å². The smallest absolute Gasteiger partial charge is 0.139 e. The molecule has 0 aromatic heterocycles. The second-order valence-corrected chi connectivity index (χ2v) is 5.59. The van der Waals surface area contributed by atoms with E-state index in [0.717, 1.165) is 19.3 Å². The zero-order valence-corrected chi connectivity index (χ0v) is 11.3. The molecule has 1 rings (SSSR count). The summed E-state index contributed by atoms with van der Waals surface area (Å²) >= 11 is 0. The van der Waals surface area contributed by atoms with Crippen LogP contribution < -0.4 is 0 Å². The summed E-state index contributed by atoms with van der Waals surface area (Å²) in [5.41, 5.74) is 0.0900. The third-order valence-corrected chi connectivity index (χ3v) is 4.34. The Bertz CT molecular complexity index is 211. The summed E-state index contributed by atoms with van der Waals surface area (Å²) in [6.45, 7) is 6.68. The molecule has 0 N–H and O–H groups in total. The first-order chi connectivity index (χ1) is 7.68. The third kappa shape index (κ3) is 3.09. The lowest BCUT2D eigenvalue weighted by Crippen LogP contribution is -2.25. The van der Waals surface area contributed by atoms with Gasteiger partial charge in [-0.3, -0.25) is 4.79 Å². The van der Waals surface area contributed by atoms with Crippen LogP contribution in [0.2, 0.25) is 0 Å². The van der Waals surface area contributed by atoms with Gasteiger partial charge in [0.1, 0.15) is 5.78 Å². The van der Waals surface area contributed by atoms with Gasteiger partial charge in [-0.1, -0.05) is 52.9 Å². The highest BCUT2D eigenvalue weighted by atomic mass is 16.1. The van der Waals surface area contributed by atoms with Gasteiger partial charge in [-0.2, -0.15) is 0 Å². The van der Waals surface area contributed by atoms with Gasteiger partial charge in [-0.05, 0) is 25.2 Å². The van der Waals surface area contributed by atoms with E-state index in [4.69, 9.17) is 0 Å². The summed E-state index contributed by atoms with van der Waals surface area (Å²) in [5.74, 6) is 1.27. The summed E-state index contributed by atoms with van der Waals surface area (Å²) in [5, 5.41) is 0. The van der Waals surface area contributed by atoms with E-state index in [-0.39, 0.29) is 5.41 Å². The molecule has 0 unspecified atom stereocenters. The van der Waals surface area contributed by atoms with E-state index < -0.39 is 0 Å². The summed E-state index contributed by atoms with van der Waals surface area (Å²) < 4.78 is 0. The molecule has 16 heavy (non-hydrogen) atoms. The third-order valence-electron chi connectivity index (χ3n) is 4.34. The van der Waals surface area contributed by atoms with Crippen molar-refractivity contribution < 1.29 is 4.79 Å². The lowest BCUT2D eigenvalue weighted by atomic mass is 9.75. The fourth-order valence-electron chi connectivity index (χ4n) is 3.14. The van der Waals surface area contributed by atoms with Crippen LogP contribution in [0.1, 0.15) is 78.6 Å². The number of hydrogen-bond donors (Lipinski definition) is 0. The van der Waals surface area contributed by atoms with E-state index in [1.807, 2.05) is 0 Å². The minimum absolute atomic E-state index is 0.0900. The molecule has 1 heteroatoms. The zero-order valence-electron chi connectivity index (χ0n) is 11.3. The minimum Gasteiger partial charge on any atom is -0.299 e. The predicted octanol–water partition coefficient (Wildman–Crippen LogP) is 4.74. The van der Waals surface area contributed by atoms with Crippen LogP contribution in [-0.4, -0.2) is 5.78 Å². The lowest BCUT2D eigenvalue weighted by Gasteiger charge is -2.28. The van der Waals surface area contributed by atoms with Gasteiger partial charge in [0.25, 0.3) is 0 Å². The van der Waals surface area contributed by atoms with E-state index in [9.17, 15) is 4.79 Å². The molecular formula is C15H28O.